The first-order chi connectivity index (χ1) is 7.88. The SMILES string of the molecule is Cc1cc(/C=C(\C#N)C(=O)[O-])c(C)n1C(C)C. The molecule has 0 atom stereocenters. The molecular weight excluding hydrogens is 216 g/mol. The van der Waals surface area contributed by atoms with Crippen LogP contribution in [0.1, 0.15) is 36.8 Å². The molecule has 0 bridgehead atoms. The minimum atomic E-state index is -1.44. The Bertz CT molecular complexity index is 516. The quantitative estimate of drug-likeness (QED) is 0.582. The Morgan fingerprint density at radius 3 is 2.47 bits per heavy atom. The van der Waals surface area contributed by atoms with Crippen molar-refractivity contribution in [3.05, 3.63) is 28.6 Å². The summed E-state index contributed by atoms with van der Waals surface area (Å²) in [7, 11) is 0. The molecule has 1 aromatic rings. The van der Waals surface area contributed by atoms with Gasteiger partial charge in [-0.1, -0.05) is 0 Å². The number of carboxylic acids is 1. The summed E-state index contributed by atoms with van der Waals surface area (Å²) in [6, 6.07) is 3.79. The largest absolute Gasteiger partial charge is 0.544 e. The zero-order valence-corrected chi connectivity index (χ0v) is 10.4. The fourth-order valence-electron chi connectivity index (χ4n) is 2.04. The smallest absolute Gasteiger partial charge is 0.101 e. The second kappa shape index (κ2) is 4.88. The third-order valence-electron chi connectivity index (χ3n) is 2.68. The van der Waals surface area contributed by atoms with Crippen molar-refractivity contribution in [3.63, 3.8) is 0 Å². The number of rotatable bonds is 3. The fraction of sp³-hybridized carbons (Fsp3) is 0.385. The first-order valence-corrected chi connectivity index (χ1v) is 5.40. The van der Waals surface area contributed by atoms with Crippen LogP contribution in [0.3, 0.4) is 0 Å². The van der Waals surface area contributed by atoms with Gasteiger partial charge in [-0.15, -0.1) is 0 Å². The summed E-state index contributed by atoms with van der Waals surface area (Å²) in [5.41, 5.74) is 2.39. The normalized spacial score (nSPS) is 11.6. The molecule has 1 aromatic heterocycles. The van der Waals surface area contributed by atoms with Crippen molar-refractivity contribution in [2.75, 3.05) is 0 Å². The summed E-state index contributed by atoms with van der Waals surface area (Å²) in [5, 5.41) is 19.4. The molecule has 0 aromatic carbocycles. The van der Waals surface area contributed by atoms with Crippen LogP contribution < -0.4 is 5.11 Å². The number of carbonyl (C=O) groups is 1. The Hall–Kier alpha value is -2.02. The second-order valence-corrected chi connectivity index (χ2v) is 4.25. The third kappa shape index (κ3) is 2.56. The molecule has 17 heavy (non-hydrogen) atoms. The lowest BCUT2D eigenvalue weighted by Gasteiger charge is -2.13. The van der Waals surface area contributed by atoms with Gasteiger partial charge >= 0.3 is 0 Å². The molecule has 0 N–H and O–H groups in total. The molecule has 0 unspecified atom stereocenters. The summed E-state index contributed by atoms with van der Waals surface area (Å²) in [4.78, 5) is 10.7. The number of hydrogen-bond donors (Lipinski definition) is 0. The Morgan fingerprint density at radius 1 is 1.53 bits per heavy atom. The van der Waals surface area contributed by atoms with E-state index < -0.39 is 5.97 Å². The van der Waals surface area contributed by atoms with Crippen LogP contribution in [-0.4, -0.2) is 10.5 Å². The number of carboxylic acid groups (broad SMARTS) is 1. The lowest BCUT2D eigenvalue weighted by molar-refractivity contribution is -0.298. The molecule has 1 heterocycles. The third-order valence-corrected chi connectivity index (χ3v) is 2.68. The number of nitrogens with zero attached hydrogens (tertiary/aromatic N) is 2. The molecule has 0 amide bonds. The Morgan fingerprint density at radius 2 is 2.12 bits per heavy atom. The predicted octanol–water partition coefficient (Wildman–Crippen LogP) is 1.34. The molecule has 0 radical (unpaired) electrons. The summed E-state index contributed by atoms with van der Waals surface area (Å²) < 4.78 is 2.09. The van der Waals surface area contributed by atoms with Crippen molar-refractivity contribution in [2.45, 2.75) is 33.7 Å². The topological polar surface area (TPSA) is 68.8 Å². The molecule has 4 heteroatoms. The van der Waals surface area contributed by atoms with Crippen LogP contribution >= 0.6 is 0 Å². The summed E-state index contributed by atoms with van der Waals surface area (Å²) in [5.74, 6) is -1.44. The second-order valence-electron chi connectivity index (χ2n) is 4.25. The molecule has 0 saturated carbocycles. The lowest BCUT2D eigenvalue weighted by atomic mass is 10.1. The van der Waals surface area contributed by atoms with E-state index in [4.69, 9.17) is 5.26 Å². The van der Waals surface area contributed by atoms with E-state index in [-0.39, 0.29) is 5.57 Å². The van der Waals surface area contributed by atoms with Crippen LogP contribution in [0.2, 0.25) is 0 Å². The van der Waals surface area contributed by atoms with Gasteiger partial charge in [0, 0.05) is 17.4 Å². The number of aliphatic carboxylic acids is 1. The van der Waals surface area contributed by atoms with Gasteiger partial charge in [0.05, 0.1) is 11.5 Å². The highest BCUT2D eigenvalue weighted by molar-refractivity contribution is 5.95. The zero-order valence-electron chi connectivity index (χ0n) is 10.4. The van der Waals surface area contributed by atoms with Crippen molar-refractivity contribution in [1.82, 2.24) is 4.57 Å². The van der Waals surface area contributed by atoms with Crippen molar-refractivity contribution in [3.8, 4) is 6.07 Å². The van der Waals surface area contributed by atoms with E-state index in [1.165, 1.54) is 6.08 Å². The van der Waals surface area contributed by atoms with E-state index >= 15 is 0 Å². The van der Waals surface area contributed by atoms with Crippen LogP contribution in [0.25, 0.3) is 6.08 Å². The minimum absolute atomic E-state index is 0.297. The van der Waals surface area contributed by atoms with Crippen molar-refractivity contribution in [1.29, 1.82) is 5.26 Å². The first kappa shape index (κ1) is 13.0. The monoisotopic (exact) mass is 231 g/mol. The number of hydrogen-bond acceptors (Lipinski definition) is 3. The van der Waals surface area contributed by atoms with Crippen LogP contribution in [0.15, 0.2) is 11.6 Å². The molecule has 90 valence electrons. The summed E-state index contributed by atoms with van der Waals surface area (Å²) >= 11 is 0. The van der Waals surface area contributed by atoms with Crippen molar-refractivity contribution < 1.29 is 9.90 Å². The number of aromatic nitrogens is 1. The molecular formula is C13H15N2O2-. The maximum Gasteiger partial charge on any atom is 0.101 e. The zero-order chi connectivity index (χ0) is 13.2. The van der Waals surface area contributed by atoms with Gasteiger partial charge in [0.25, 0.3) is 0 Å². The molecule has 1 rings (SSSR count). The number of aryl methyl sites for hydroxylation is 1. The van der Waals surface area contributed by atoms with E-state index in [2.05, 4.69) is 18.4 Å². The molecule has 0 aliphatic rings. The molecule has 0 aliphatic carbocycles. The maximum absolute atomic E-state index is 10.7. The Labute approximate surface area is 101 Å². The maximum atomic E-state index is 10.7. The van der Waals surface area contributed by atoms with Gasteiger partial charge in [0.15, 0.2) is 0 Å². The van der Waals surface area contributed by atoms with E-state index in [1.54, 1.807) is 6.07 Å². The van der Waals surface area contributed by atoms with Crippen molar-refractivity contribution in [2.24, 2.45) is 0 Å². The van der Waals surface area contributed by atoms with E-state index in [1.807, 2.05) is 19.9 Å². The molecule has 0 aliphatic heterocycles. The highest BCUT2D eigenvalue weighted by atomic mass is 16.4. The van der Waals surface area contributed by atoms with Gasteiger partial charge in [0.1, 0.15) is 6.07 Å². The van der Waals surface area contributed by atoms with E-state index in [9.17, 15) is 9.90 Å². The fourth-order valence-corrected chi connectivity index (χ4v) is 2.04. The molecule has 0 spiro atoms. The van der Waals surface area contributed by atoms with Gasteiger partial charge in [-0.2, -0.15) is 5.26 Å². The number of carbonyl (C=O) groups excluding carboxylic acids is 1. The van der Waals surface area contributed by atoms with Gasteiger partial charge < -0.3 is 14.5 Å². The van der Waals surface area contributed by atoms with Crippen LogP contribution in [0.5, 0.6) is 0 Å². The lowest BCUT2D eigenvalue weighted by Crippen LogP contribution is -2.23. The van der Waals surface area contributed by atoms with Gasteiger partial charge in [-0.3, -0.25) is 0 Å². The Kier molecular flexibility index (Phi) is 3.74. The van der Waals surface area contributed by atoms with Gasteiger partial charge in [0.2, 0.25) is 0 Å². The summed E-state index contributed by atoms with van der Waals surface area (Å²) in [6.07, 6.45) is 1.36. The van der Waals surface area contributed by atoms with Crippen LogP contribution in [-0.2, 0) is 4.79 Å². The van der Waals surface area contributed by atoms with E-state index in [0.29, 0.717) is 6.04 Å². The van der Waals surface area contributed by atoms with Gasteiger partial charge in [-0.05, 0) is 45.4 Å². The van der Waals surface area contributed by atoms with E-state index in [0.717, 1.165) is 17.0 Å². The Balaban J connectivity index is 3.32. The summed E-state index contributed by atoms with van der Waals surface area (Å²) in [6.45, 7) is 7.97. The van der Waals surface area contributed by atoms with Crippen molar-refractivity contribution >= 4 is 12.0 Å². The predicted molar refractivity (Wildman–Crippen MR) is 62.9 cm³/mol. The van der Waals surface area contributed by atoms with Crippen LogP contribution in [0, 0.1) is 25.2 Å². The van der Waals surface area contributed by atoms with Crippen LogP contribution in [0.4, 0.5) is 0 Å². The number of nitriles is 1. The molecule has 0 fully saturated rings. The standard InChI is InChI=1S/C13H16N2O2/c1-8(2)15-9(3)5-11(10(15)4)6-12(7-14)13(16)17/h5-6,8H,1-4H3,(H,16,17)/p-1/b12-6+. The molecule has 4 nitrogen and oxygen atoms in total. The van der Waals surface area contributed by atoms with Gasteiger partial charge in [-0.25, -0.2) is 0 Å². The average molecular weight is 231 g/mol. The average Bonchev–Trinajstić information content (AvgIpc) is 2.49. The first-order valence-electron chi connectivity index (χ1n) is 5.40. The highest BCUT2D eigenvalue weighted by Crippen LogP contribution is 2.22. The molecule has 0 saturated heterocycles. The highest BCUT2D eigenvalue weighted by Gasteiger charge is 2.10. The minimum Gasteiger partial charge on any atom is -0.544 e.